The number of carbonyl (C=O) groups is 1. The fourth-order valence-electron chi connectivity index (χ4n) is 3.60. The van der Waals surface area contributed by atoms with Crippen LogP contribution in [0.25, 0.3) is 10.9 Å². The number of sulfone groups is 1. The highest BCUT2D eigenvalue weighted by Crippen LogP contribution is 2.29. The van der Waals surface area contributed by atoms with Crippen molar-refractivity contribution in [2.45, 2.75) is 36.3 Å². The molecule has 170 valence electrons. The maximum Gasteiger partial charge on any atom is 0.410 e. The van der Waals surface area contributed by atoms with Crippen LogP contribution in [0, 0.1) is 5.82 Å². The number of rotatable bonds is 3. The molecule has 0 saturated carbocycles. The number of carbonyl (C=O) groups excluding carboxylic acids is 1. The number of hydrogen-bond acceptors (Lipinski definition) is 6. The van der Waals surface area contributed by atoms with E-state index in [0.29, 0.717) is 37.1 Å². The normalized spacial score (nSPS) is 15.2. The molecule has 8 nitrogen and oxygen atoms in total. The number of ether oxygens (including phenoxy) is 1. The van der Waals surface area contributed by atoms with Crippen molar-refractivity contribution in [3.8, 4) is 0 Å². The van der Waals surface area contributed by atoms with Crippen LogP contribution in [0.1, 0.15) is 20.8 Å². The summed E-state index contributed by atoms with van der Waals surface area (Å²) in [6, 6.07) is 10.2. The summed E-state index contributed by atoms with van der Waals surface area (Å²) in [6.45, 7) is 7.78. The molecule has 0 bridgehead atoms. The first-order chi connectivity index (χ1) is 15.0. The number of aromatic nitrogens is 2. The average molecular weight is 461 g/mol. The lowest BCUT2D eigenvalue weighted by Crippen LogP contribution is -2.50. The number of benzene rings is 2. The summed E-state index contributed by atoms with van der Waals surface area (Å²) in [5.74, 6) is -0.622. The van der Waals surface area contributed by atoms with E-state index in [2.05, 4.69) is 15.1 Å². The lowest BCUT2D eigenvalue weighted by atomic mass is 10.2. The molecule has 0 atom stereocenters. The van der Waals surface area contributed by atoms with E-state index in [1.807, 2.05) is 26.8 Å². The molecule has 1 amide bonds. The number of anilines is 1. The molecule has 2 heterocycles. The van der Waals surface area contributed by atoms with Gasteiger partial charge in [0.2, 0.25) is 9.84 Å². The molecule has 4 rings (SSSR count). The predicted molar refractivity (Wildman–Crippen MR) is 118 cm³/mol. The van der Waals surface area contributed by atoms with Crippen LogP contribution in [-0.2, 0) is 14.6 Å². The van der Waals surface area contributed by atoms with Gasteiger partial charge in [0.05, 0.1) is 10.4 Å². The van der Waals surface area contributed by atoms with Crippen molar-refractivity contribution in [1.29, 1.82) is 0 Å². The third kappa shape index (κ3) is 4.40. The molecular formula is C22H25FN4O4S. The lowest BCUT2D eigenvalue weighted by Gasteiger charge is -2.36. The zero-order valence-corrected chi connectivity index (χ0v) is 18.9. The standard InChI is InChI=1S/C22H25FN4O4S/c1-22(2,3)31-21(28)27-11-9-26(10-12-27)16-7-8-18-19(14-16)24-25-20(18)32(29,30)17-6-4-5-15(23)13-17/h4-8,13-14H,9-12H2,1-3H3,(H,24,25). The Balaban J connectivity index is 1.52. The average Bonchev–Trinajstić information content (AvgIpc) is 3.17. The number of hydrogen-bond donors (Lipinski definition) is 1. The van der Waals surface area contributed by atoms with Gasteiger partial charge in [-0.25, -0.2) is 17.6 Å². The highest BCUT2D eigenvalue weighted by Gasteiger charge is 2.27. The summed E-state index contributed by atoms with van der Waals surface area (Å²) in [5, 5.41) is 7.13. The van der Waals surface area contributed by atoms with Crippen molar-refractivity contribution < 1.29 is 22.3 Å². The highest BCUT2D eigenvalue weighted by atomic mass is 32.2. The highest BCUT2D eigenvalue weighted by molar-refractivity contribution is 7.91. The summed E-state index contributed by atoms with van der Waals surface area (Å²) in [4.78, 5) is 15.9. The van der Waals surface area contributed by atoms with E-state index in [0.717, 1.165) is 11.8 Å². The number of amides is 1. The Morgan fingerprint density at radius 3 is 2.47 bits per heavy atom. The molecule has 1 aromatic heterocycles. The van der Waals surface area contributed by atoms with Crippen LogP contribution in [0.2, 0.25) is 0 Å². The maximum atomic E-state index is 13.5. The number of H-pyrrole nitrogens is 1. The van der Waals surface area contributed by atoms with Crippen LogP contribution in [0.3, 0.4) is 0 Å². The number of piperazine rings is 1. The first-order valence-electron chi connectivity index (χ1n) is 10.3. The molecule has 1 aliphatic rings. The number of halogens is 1. The monoisotopic (exact) mass is 460 g/mol. The van der Waals surface area contributed by atoms with Gasteiger partial charge >= 0.3 is 6.09 Å². The maximum absolute atomic E-state index is 13.5. The molecule has 1 N–H and O–H groups in total. The second-order valence-electron chi connectivity index (χ2n) is 8.67. The Morgan fingerprint density at radius 2 is 1.81 bits per heavy atom. The minimum Gasteiger partial charge on any atom is -0.444 e. The molecule has 0 radical (unpaired) electrons. The molecule has 3 aromatic rings. The number of nitrogens with zero attached hydrogens (tertiary/aromatic N) is 3. The molecule has 1 saturated heterocycles. The molecule has 32 heavy (non-hydrogen) atoms. The summed E-state index contributed by atoms with van der Waals surface area (Å²) in [7, 11) is -3.94. The largest absolute Gasteiger partial charge is 0.444 e. The summed E-state index contributed by atoms with van der Waals surface area (Å²) in [5.41, 5.74) is 0.831. The van der Waals surface area contributed by atoms with E-state index in [-0.39, 0.29) is 16.0 Å². The zero-order valence-electron chi connectivity index (χ0n) is 18.1. The van der Waals surface area contributed by atoms with Crippen molar-refractivity contribution in [3.63, 3.8) is 0 Å². The quantitative estimate of drug-likeness (QED) is 0.642. The smallest absolute Gasteiger partial charge is 0.410 e. The molecule has 0 spiro atoms. The van der Waals surface area contributed by atoms with Crippen molar-refractivity contribution >= 4 is 32.5 Å². The van der Waals surface area contributed by atoms with Gasteiger partial charge in [-0.2, -0.15) is 5.10 Å². The topological polar surface area (TPSA) is 95.6 Å². The molecule has 0 aliphatic carbocycles. The van der Waals surface area contributed by atoms with Crippen LogP contribution in [0.4, 0.5) is 14.9 Å². The molecule has 0 unspecified atom stereocenters. The van der Waals surface area contributed by atoms with Crippen LogP contribution in [-0.4, -0.2) is 61.4 Å². The second kappa shape index (κ2) is 8.09. The van der Waals surface area contributed by atoms with Crippen molar-refractivity contribution in [2.75, 3.05) is 31.1 Å². The zero-order chi connectivity index (χ0) is 23.1. The first-order valence-corrected chi connectivity index (χ1v) is 11.7. The second-order valence-corrected chi connectivity index (χ2v) is 10.6. The fourth-order valence-corrected chi connectivity index (χ4v) is 4.99. The third-order valence-corrected chi connectivity index (χ3v) is 6.90. The SMILES string of the molecule is CC(C)(C)OC(=O)N1CCN(c2ccc3c(S(=O)(=O)c4cccc(F)c4)[nH]nc3c2)CC1. The third-order valence-electron chi connectivity index (χ3n) is 5.18. The van der Waals surface area contributed by atoms with Gasteiger partial charge in [-0.1, -0.05) is 6.07 Å². The molecule has 2 aromatic carbocycles. The van der Waals surface area contributed by atoms with Gasteiger partial charge in [0, 0.05) is 37.3 Å². The van der Waals surface area contributed by atoms with E-state index in [1.165, 1.54) is 18.2 Å². The summed E-state index contributed by atoms with van der Waals surface area (Å²) < 4.78 is 44.9. The summed E-state index contributed by atoms with van der Waals surface area (Å²) in [6.07, 6.45) is -0.327. The Bertz CT molecular complexity index is 1260. The number of aromatic amines is 1. The fraction of sp³-hybridized carbons (Fsp3) is 0.364. The first kappa shape index (κ1) is 22.1. The van der Waals surface area contributed by atoms with Gasteiger partial charge in [-0.05, 0) is 57.2 Å². The van der Waals surface area contributed by atoms with E-state index in [4.69, 9.17) is 4.74 Å². The van der Waals surface area contributed by atoms with Crippen LogP contribution >= 0.6 is 0 Å². The van der Waals surface area contributed by atoms with Crippen molar-refractivity contribution in [3.05, 3.63) is 48.3 Å². The minimum absolute atomic E-state index is 0.0700. The molecular weight excluding hydrogens is 435 g/mol. The van der Waals surface area contributed by atoms with Crippen molar-refractivity contribution in [2.24, 2.45) is 0 Å². The van der Waals surface area contributed by atoms with E-state index < -0.39 is 21.3 Å². The van der Waals surface area contributed by atoms with Crippen LogP contribution in [0.15, 0.2) is 52.4 Å². The lowest BCUT2D eigenvalue weighted by molar-refractivity contribution is 0.0240. The minimum atomic E-state index is -3.94. The van der Waals surface area contributed by atoms with Gasteiger partial charge in [0.15, 0.2) is 5.03 Å². The number of nitrogens with one attached hydrogen (secondary N) is 1. The Hall–Kier alpha value is -3.14. The Kier molecular flexibility index (Phi) is 5.58. The predicted octanol–water partition coefficient (Wildman–Crippen LogP) is 3.59. The molecule has 1 aliphatic heterocycles. The van der Waals surface area contributed by atoms with E-state index in [1.54, 1.807) is 17.0 Å². The Morgan fingerprint density at radius 1 is 1.09 bits per heavy atom. The molecule has 1 fully saturated rings. The van der Waals surface area contributed by atoms with Gasteiger partial charge in [-0.15, -0.1) is 0 Å². The van der Waals surface area contributed by atoms with Gasteiger partial charge < -0.3 is 14.5 Å². The van der Waals surface area contributed by atoms with Crippen molar-refractivity contribution in [1.82, 2.24) is 15.1 Å². The van der Waals surface area contributed by atoms with Gasteiger partial charge in [-0.3, -0.25) is 5.10 Å². The van der Waals surface area contributed by atoms with Gasteiger partial charge in [0.25, 0.3) is 0 Å². The number of fused-ring (bicyclic) bond motifs is 1. The van der Waals surface area contributed by atoms with Gasteiger partial charge in [0.1, 0.15) is 11.4 Å². The summed E-state index contributed by atoms with van der Waals surface area (Å²) >= 11 is 0. The Labute approximate surface area is 185 Å². The van der Waals surface area contributed by atoms with Crippen LogP contribution in [0.5, 0.6) is 0 Å². The molecule has 10 heteroatoms. The van der Waals surface area contributed by atoms with E-state index >= 15 is 0 Å². The van der Waals surface area contributed by atoms with E-state index in [9.17, 15) is 17.6 Å². The van der Waals surface area contributed by atoms with Crippen LogP contribution < -0.4 is 4.90 Å².